The molecular weight excluding hydrogens is 236 g/mol. The van der Waals surface area contributed by atoms with Crippen LogP contribution in [0.3, 0.4) is 0 Å². The van der Waals surface area contributed by atoms with E-state index in [9.17, 15) is 0 Å². The summed E-state index contributed by atoms with van der Waals surface area (Å²) in [5.74, 6) is 0.826. The molecule has 2 aromatic heterocycles. The van der Waals surface area contributed by atoms with Gasteiger partial charge in [0.25, 0.3) is 0 Å². The molecule has 0 aromatic carbocycles. The first-order chi connectivity index (χ1) is 8.25. The van der Waals surface area contributed by atoms with E-state index in [1.54, 1.807) is 11.3 Å². The average molecular weight is 250 g/mol. The molecule has 1 aliphatic heterocycles. The highest BCUT2D eigenvalue weighted by molar-refractivity contribution is 7.10. The standard InChI is InChI=1S/C12H14N2O2S/c1-7-11(8(2)16-14-7)9-6-17-12(13-9)10-4-3-5-15-10/h6,10H,3-5H2,1-2H3/t10-/m1/s1. The molecule has 0 radical (unpaired) electrons. The summed E-state index contributed by atoms with van der Waals surface area (Å²) in [5.41, 5.74) is 2.87. The van der Waals surface area contributed by atoms with Crippen LogP contribution >= 0.6 is 11.3 Å². The highest BCUT2D eigenvalue weighted by Crippen LogP contribution is 2.34. The predicted octanol–water partition coefficient (Wildman–Crippen LogP) is 3.27. The quantitative estimate of drug-likeness (QED) is 0.820. The molecule has 0 aliphatic carbocycles. The van der Waals surface area contributed by atoms with Crippen LogP contribution in [0.5, 0.6) is 0 Å². The van der Waals surface area contributed by atoms with Gasteiger partial charge in [-0.05, 0) is 26.7 Å². The van der Waals surface area contributed by atoms with Crippen LogP contribution in [-0.4, -0.2) is 16.7 Å². The first kappa shape index (κ1) is 10.9. The number of aromatic nitrogens is 2. The molecule has 0 spiro atoms. The topological polar surface area (TPSA) is 48.2 Å². The number of hydrogen-bond donors (Lipinski definition) is 0. The van der Waals surface area contributed by atoms with E-state index in [2.05, 4.69) is 15.5 Å². The zero-order valence-electron chi connectivity index (χ0n) is 9.90. The summed E-state index contributed by atoms with van der Waals surface area (Å²) in [6.07, 6.45) is 2.40. The number of aryl methyl sites for hydroxylation is 2. The number of hydrogen-bond acceptors (Lipinski definition) is 5. The highest BCUT2D eigenvalue weighted by atomic mass is 32.1. The maximum Gasteiger partial charge on any atom is 0.143 e. The zero-order valence-corrected chi connectivity index (χ0v) is 10.7. The Kier molecular flexibility index (Phi) is 2.72. The molecule has 2 aromatic rings. The van der Waals surface area contributed by atoms with Crippen LogP contribution in [0.1, 0.15) is 35.4 Å². The smallest absolute Gasteiger partial charge is 0.143 e. The molecule has 3 heterocycles. The van der Waals surface area contributed by atoms with Gasteiger partial charge in [-0.1, -0.05) is 5.16 Å². The van der Waals surface area contributed by atoms with E-state index >= 15 is 0 Å². The first-order valence-electron chi connectivity index (χ1n) is 5.76. The van der Waals surface area contributed by atoms with Crippen LogP contribution in [0.2, 0.25) is 0 Å². The molecule has 0 N–H and O–H groups in total. The summed E-state index contributed by atoms with van der Waals surface area (Å²) in [7, 11) is 0. The van der Waals surface area contributed by atoms with Gasteiger partial charge in [-0.3, -0.25) is 0 Å². The Morgan fingerprint density at radius 2 is 2.29 bits per heavy atom. The van der Waals surface area contributed by atoms with Gasteiger partial charge in [0, 0.05) is 12.0 Å². The van der Waals surface area contributed by atoms with Crippen LogP contribution in [-0.2, 0) is 4.74 Å². The Hall–Kier alpha value is -1.20. The fourth-order valence-electron chi connectivity index (χ4n) is 2.17. The molecule has 0 bridgehead atoms. The first-order valence-corrected chi connectivity index (χ1v) is 6.64. The third-order valence-electron chi connectivity index (χ3n) is 3.02. The maximum atomic E-state index is 5.64. The van der Waals surface area contributed by atoms with Gasteiger partial charge in [0.05, 0.1) is 17.0 Å². The summed E-state index contributed by atoms with van der Waals surface area (Å²) in [5, 5.41) is 7.08. The van der Waals surface area contributed by atoms with Gasteiger partial charge >= 0.3 is 0 Å². The van der Waals surface area contributed by atoms with Crippen molar-refractivity contribution in [2.24, 2.45) is 0 Å². The van der Waals surface area contributed by atoms with Crippen LogP contribution in [0.15, 0.2) is 9.90 Å². The monoisotopic (exact) mass is 250 g/mol. The largest absolute Gasteiger partial charge is 0.371 e. The van der Waals surface area contributed by atoms with E-state index in [1.807, 2.05) is 13.8 Å². The molecule has 3 rings (SSSR count). The van der Waals surface area contributed by atoms with Crippen molar-refractivity contribution in [3.63, 3.8) is 0 Å². The molecule has 5 heteroatoms. The number of rotatable bonds is 2. The summed E-state index contributed by atoms with van der Waals surface area (Å²) < 4.78 is 10.8. The minimum Gasteiger partial charge on any atom is -0.371 e. The Bertz CT molecular complexity index is 507. The van der Waals surface area contributed by atoms with Crippen molar-refractivity contribution >= 4 is 11.3 Å². The van der Waals surface area contributed by atoms with Crippen molar-refractivity contribution in [2.75, 3.05) is 6.61 Å². The molecule has 90 valence electrons. The van der Waals surface area contributed by atoms with E-state index in [-0.39, 0.29) is 6.10 Å². The van der Waals surface area contributed by atoms with Gasteiger partial charge in [0.15, 0.2) is 0 Å². The minimum absolute atomic E-state index is 0.189. The zero-order chi connectivity index (χ0) is 11.8. The highest BCUT2D eigenvalue weighted by Gasteiger charge is 2.22. The van der Waals surface area contributed by atoms with E-state index in [4.69, 9.17) is 9.26 Å². The Morgan fingerprint density at radius 3 is 2.94 bits per heavy atom. The second kappa shape index (κ2) is 4.23. The lowest BCUT2D eigenvalue weighted by atomic mass is 10.1. The van der Waals surface area contributed by atoms with Crippen LogP contribution in [0.4, 0.5) is 0 Å². The average Bonchev–Trinajstić information content (AvgIpc) is 2.98. The van der Waals surface area contributed by atoms with Crippen molar-refractivity contribution in [3.8, 4) is 11.3 Å². The van der Waals surface area contributed by atoms with E-state index in [0.29, 0.717) is 0 Å². The summed E-state index contributed by atoms with van der Waals surface area (Å²) in [4.78, 5) is 4.65. The molecule has 0 amide bonds. The molecule has 0 unspecified atom stereocenters. The molecule has 1 fully saturated rings. The summed E-state index contributed by atoms with van der Waals surface area (Å²) >= 11 is 1.66. The second-order valence-corrected chi connectivity index (χ2v) is 5.16. The second-order valence-electron chi connectivity index (χ2n) is 4.27. The summed E-state index contributed by atoms with van der Waals surface area (Å²) in [6, 6.07) is 0. The Labute approximate surface area is 104 Å². The Morgan fingerprint density at radius 1 is 1.41 bits per heavy atom. The predicted molar refractivity (Wildman–Crippen MR) is 65.0 cm³/mol. The lowest BCUT2D eigenvalue weighted by Crippen LogP contribution is -1.94. The number of ether oxygens (including phenoxy) is 1. The SMILES string of the molecule is Cc1noc(C)c1-c1csc([C@H]2CCCO2)n1. The fraction of sp³-hybridized carbons (Fsp3) is 0.500. The fourth-order valence-corrected chi connectivity index (χ4v) is 3.06. The lowest BCUT2D eigenvalue weighted by Gasteiger charge is -2.03. The van der Waals surface area contributed by atoms with Crippen LogP contribution in [0, 0.1) is 13.8 Å². The van der Waals surface area contributed by atoms with E-state index < -0.39 is 0 Å². The molecular formula is C12H14N2O2S. The molecule has 0 saturated carbocycles. The molecule has 4 nitrogen and oxygen atoms in total. The lowest BCUT2D eigenvalue weighted by molar-refractivity contribution is 0.112. The van der Waals surface area contributed by atoms with Crippen molar-refractivity contribution in [2.45, 2.75) is 32.8 Å². The third-order valence-corrected chi connectivity index (χ3v) is 3.95. The van der Waals surface area contributed by atoms with Gasteiger partial charge in [0.1, 0.15) is 16.9 Å². The van der Waals surface area contributed by atoms with Gasteiger partial charge in [-0.15, -0.1) is 11.3 Å². The Balaban J connectivity index is 1.94. The van der Waals surface area contributed by atoms with Crippen LogP contribution < -0.4 is 0 Å². The normalized spacial score (nSPS) is 20.0. The van der Waals surface area contributed by atoms with Gasteiger partial charge < -0.3 is 9.26 Å². The molecule has 17 heavy (non-hydrogen) atoms. The third kappa shape index (κ3) is 1.89. The molecule has 1 saturated heterocycles. The van der Waals surface area contributed by atoms with Crippen molar-refractivity contribution in [1.82, 2.24) is 10.1 Å². The molecule has 1 atom stereocenters. The van der Waals surface area contributed by atoms with Gasteiger partial charge in [-0.25, -0.2) is 4.98 Å². The maximum absolute atomic E-state index is 5.64. The minimum atomic E-state index is 0.189. The van der Waals surface area contributed by atoms with Gasteiger partial charge in [0.2, 0.25) is 0 Å². The van der Waals surface area contributed by atoms with Crippen molar-refractivity contribution in [1.29, 1.82) is 0 Å². The van der Waals surface area contributed by atoms with Crippen LogP contribution in [0.25, 0.3) is 11.3 Å². The number of nitrogens with zero attached hydrogens (tertiary/aromatic N) is 2. The molecule has 1 aliphatic rings. The summed E-state index contributed by atoms with van der Waals surface area (Å²) in [6.45, 7) is 4.71. The van der Waals surface area contributed by atoms with E-state index in [1.165, 1.54) is 0 Å². The number of thiazole rings is 1. The van der Waals surface area contributed by atoms with E-state index in [0.717, 1.165) is 47.2 Å². The van der Waals surface area contributed by atoms with Crippen molar-refractivity contribution in [3.05, 3.63) is 21.8 Å². The van der Waals surface area contributed by atoms with Crippen molar-refractivity contribution < 1.29 is 9.26 Å². The van der Waals surface area contributed by atoms with Gasteiger partial charge in [-0.2, -0.15) is 0 Å².